The molecule has 0 spiro atoms. The van der Waals surface area contributed by atoms with Crippen molar-refractivity contribution < 1.29 is 13.6 Å². The molecule has 2 aromatic carbocycles. The molecule has 6 heteroatoms. The molecular weight excluding hydrogens is 575 g/mol. The van der Waals surface area contributed by atoms with E-state index in [1.807, 2.05) is 0 Å². The maximum Gasteiger partial charge on any atom is 0.698 e. The van der Waals surface area contributed by atoms with Crippen molar-refractivity contribution in [3.05, 3.63) is 70.8 Å². The van der Waals surface area contributed by atoms with Crippen molar-refractivity contribution in [3.8, 4) is 0 Å². The zero-order valence-corrected chi connectivity index (χ0v) is 25.1. The predicted molar refractivity (Wildman–Crippen MR) is 151 cm³/mol. The number of alkyl halides is 2. The lowest BCUT2D eigenvalue weighted by atomic mass is 9.92. The Kier molecular flexibility index (Phi) is 14.1. The van der Waals surface area contributed by atoms with Gasteiger partial charge in [0.15, 0.2) is 0 Å². The molecular formula is C28H40Br2O3P+. The number of hydrogen-bond donors (Lipinski definition) is 0. The van der Waals surface area contributed by atoms with Crippen molar-refractivity contribution in [3.63, 3.8) is 0 Å². The summed E-state index contributed by atoms with van der Waals surface area (Å²) in [6, 6.07) is 17.1. The third-order valence-corrected chi connectivity index (χ3v) is 9.00. The van der Waals surface area contributed by atoms with E-state index in [9.17, 15) is 4.57 Å². The summed E-state index contributed by atoms with van der Waals surface area (Å²) >= 11 is 7.01. The van der Waals surface area contributed by atoms with E-state index in [-0.39, 0.29) is 12.2 Å². The van der Waals surface area contributed by atoms with E-state index in [1.165, 1.54) is 22.3 Å². The number of halogens is 2. The van der Waals surface area contributed by atoms with Crippen LogP contribution in [0.15, 0.2) is 48.5 Å². The van der Waals surface area contributed by atoms with E-state index in [0.29, 0.717) is 11.8 Å². The molecule has 2 unspecified atom stereocenters. The first-order valence-corrected chi connectivity index (χ1v) is 15.9. The van der Waals surface area contributed by atoms with Gasteiger partial charge in [0.05, 0.1) is 0 Å². The summed E-state index contributed by atoms with van der Waals surface area (Å²) < 4.78 is 25.5. The maximum absolute atomic E-state index is 13.2. The van der Waals surface area contributed by atoms with Crippen LogP contribution >= 0.6 is 40.1 Å². The van der Waals surface area contributed by atoms with Crippen LogP contribution in [0.2, 0.25) is 0 Å². The molecule has 0 aliphatic heterocycles. The molecule has 2 rings (SSSR count). The maximum atomic E-state index is 13.2. The highest BCUT2D eigenvalue weighted by molar-refractivity contribution is 9.08. The molecule has 2 atom stereocenters. The van der Waals surface area contributed by atoms with Gasteiger partial charge in [0, 0.05) is 28.1 Å². The van der Waals surface area contributed by atoms with E-state index in [0.717, 1.165) is 49.2 Å². The first kappa shape index (κ1) is 29.6. The second-order valence-electron chi connectivity index (χ2n) is 8.97. The monoisotopic (exact) mass is 613 g/mol. The van der Waals surface area contributed by atoms with Gasteiger partial charge in [-0.3, -0.25) is 0 Å². The summed E-state index contributed by atoms with van der Waals surface area (Å²) in [4.78, 5) is 0. The molecule has 0 bridgehead atoms. The minimum Gasteiger partial charge on any atom is -0.115 e. The minimum atomic E-state index is -2.22. The fourth-order valence-electron chi connectivity index (χ4n) is 4.45. The van der Waals surface area contributed by atoms with Crippen LogP contribution in [0, 0.1) is 11.8 Å². The van der Waals surface area contributed by atoms with E-state index >= 15 is 0 Å². The first-order valence-electron chi connectivity index (χ1n) is 12.6. The molecule has 0 saturated carbocycles. The van der Waals surface area contributed by atoms with Crippen LogP contribution in [0.5, 0.6) is 0 Å². The van der Waals surface area contributed by atoms with Gasteiger partial charge in [-0.2, -0.15) is 0 Å². The molecule has 0 fully saturated rings. The summed E-state index contributed by atoms with van der Waals surface area (Å²) in [6.45, 7) is 8.71. The van der Waals surface area contributed by atoms with Crippen LogP contribution in [-0.4, -0.2) is 12.2 Å². The van der Waals surface area contributed by atoms with Crippen LogP contribution in [0.3, 0.4) is 0 Å². The number of hydrogen-bond acceptors (Lipinski definition) is 3. The van der Waals surface area contributed by atoms with Gasteiger partial charge in [-0.15, -0.1) is 9.05 Å². The van der Waals surface area contributed by atoms with E-state index in [2.05, 4.69) is 108 Å². The Hall–Kier alpha value is -0.580. The highest BCUT2D eigenvalue weighted by Crippen LogP contribution is 2.37. The second-order valence-corrected chi connectivity index (χ2v) is 11.0. The van der Waals surface area contributed by atoms with Gasteiger partial charge in [-0.25, -0.2) is 0 Å². The zero-order chi connectivity index (χ0) is 24.9. The lowest BCUT2D eigenvalue weighted by molar-refractivity contribution is 0.0695. The average Bonchev–Trinajstić information content (AvgIpc) is 2.86. The molecule has 0 amide bonds. The van der Waals surface area contributed by atoms with Crippen molar-refractivity contribution in [2.45, 2.75) is 89.1 Å². The van der Waals surface area contributed by atoms with Crippen LogP contribution in [-0.2, 0) is 37.1 Å². The summed E-state index contributed by atoms with van der Waals surface area (Å²) in [6.07, 6.45) is 5.16. The van der Waals surface area contributed by atoms with Crippen LogP contribution in [0.25, 0.3) is 0 Å². The Balaban J connectivity index is 2.13. The Bertz CT molecular complexity index is 764. The van der Waals surface area contributed by atoms with E-state index in [1.54, 1.807) is 0 Å². The third-order valence-electron chi connectivity index (χ3n) is 6.82. The first-order chi connectivity index (χ1) is 16.5. The van der Waals surface area contributed by atoms with Crippen molar-refractivity contribution in [2.24, 2.45) is 11.8 Å². The normalized spacial score (nSPS) is 13.9. The van der Waals surface area contributed by atoms with Crippen molar-refractivity contribution in [1.82, 2.24) is 0 Å². The molecule has 34 heavy (non-hydrogen) atoms. The van der Waals surface area contributed by atoms with Gasteiger partial charge in [-0.1, -0.05) is 134 Å². The zero-order valence-electron chi connectivity index (χ0n) is 21.0. The van der Waals surface area contributed by atoms with Crippen molar-refractivity contribution >= 4 is 40.1 Å². The van der Waals surface area contributed by atoms with Gasteiger partial charge in [0.1, 0.15) is 12.2 Å². The molecule has 0 heterocycles. The van der Waals surface area contributed by atoms with Gasteiger partial charge < -0.3 is 0 Å². The summed E-state index contributed by atoms with van der Waals surface area (Å²) in [5.74, 6) is 0.670. The van der Waals surface area contributed by atoms with Crippen LogP contribution in [0.1, 0.15) is 75.6 Å². The minimum absolute atomic E-state index is 0.131. The molecule has 0 N–H and O–H groups in total. The second kappa shape index (κ2) is 16.2. The quantitative estimate of drug-likeness (QED) is 0.139. The fraction of sp³-hybridized carbons (Fsp3) is 0.571. The molecule has 0 aliphatic rings. The topological polar surface area (TPSA) is 35.5 Å². The lowest BCUT2D eigenvalue weighted by Crippen LogP contribution is -2.27. The van der Waals surface area contributed by atoms with Crippen LogP contribution < -0.4 is 0 Å². The van der Waals surface area contributed by atoms with Gasteiger partial charge in [0.2, 0.25) is 0 Å². The van der Waals surface area contributed by atoms with E-state index in [4.69, 9.17) is 9.05 Å². The SMILES string of the molecule is CCC(CC)C(Cc1ccc(CBr)cc1)O[P+](=O)OC(Cc1ccc(CBr)cc1)C(CC)CC. The summed E-state index contributed by atoms with van der Waals surface area (Å²) in [5.41, 5.74) is 4.90. The smallest absolute Gasteiger partial charge is 0.115 e. The summed E-state index contributed by atoms with van der Waals surface area (Å²) in [7, 11) is -2.22. The number of benzene rings is 2. The van der Waals surface area contributed by atoms with Crippen molar-refractivity contribution in [1.29, 1.82) is 0 Å². The summed E-state index contributed by atoms with van der Waals surface area (Å²) in [5, 5.41) is 1.69. The van der Waals surface area contributed by atoms with Gasteiger partial charge in [0.25, 0.3) is 0 Å². The Morgan fingerprint density at radius 1 is 0.618 bits per heavy atom. The predicted octanol–water partition coefficient (Wildman–Crippen LogP) is 9.56. The third kappa shape index (κ3) is 9.47. The lowest BCUT2D eigenvalue weighted by Gasteiger charge is -2.22. The van der Waals surface area contributed by atoms with Gasteiger partial charge in [-0.05, 0) is 34.1 Å². The highest BCUT2D eigenvalue weighted by atomic mass is 79.9. The van der Waals surface area contributed by atoms with Crippen molar-refractivity contribution in [2.75, 3.05) is 0 Å². The molecule has 0 saturated heterocycles. The molecule has 3 nitrogen and oxygen atoms in total. The number of rotatable bonds is 16. The molecule has 0 aliphatic carbocycles. The molecule has 2 aromatic rings. The standard InChI is InChI=1S/C28H40Br2O3P/c1-5-25(6-2)27(17-21-9-13-23(19-29)14-10-21)32-34(31)33-28(26(7-3)8-4)18-22-11-15-24(20-30)16-12-22/h9-16,25-28H,5-8,17-20H2,1-4H3/q+1. The molecule has 0 aromatic heterocycles. The fourth-order valence-corrected chi connectivity index (χ4v) is 6.18. The highest BCUT2D eigenvalue weighted by Gasteiger charge is 2.37. The van der Waals surface area contributed by atoms with Gasteiger partial charge >= 0.3 is 8.25 Å². The molecule has 188 valence electrons. The van der Waals surface area contributed by atoms with Crippen LogP contribution in [0.4, 0.5) is 0 Å². The Morgan fingerprint density at radius 2 is 0.912 bits per heavy atom. The Morgan fingerprint density at radius 3 is 1.18 bits per heavy atom. The molecule has 0 radical (unpaired) electrons. The van der Waals surface area contributed by atoms with E-state index < -0.39 is 8.25 Å². The largest absolute Gasteiger partial charge is 0.698 e. The average molecular weight is 615 g/mol. The Labute approximate surface area is 224 Å².